The summed E-state index contributed by atoms with van der Waals surface area (Å²) in [6, 6.07) is 10.0. The van der Waals surface area contributed by atoms with Crippen LogP contribution in [0.4, 0.5) is 0 Å². The van der Waals surface area contributed by atoms with Gasteiger partial charge < -0.3 is 9.47 Å². The fourth-order valence-electron chi connectivity index (χ4n) is 2.30. The molecule has 0 bridgehead atoms. The maximum absolute atomic E-state index is 11.4. The minimum atomic E-state index is -0.418. The van der Waals surface area contributed by atoms with Gasteiger partial charge in [-0.25, -0.2) is 4.79 Å². The smallest absolute Gasteiger partial charge is 0.344 e. The van der Waals surface area contributed by atoms with Gasteiger partial charge in [-0.05, 0) is 31.7 Å². The topological polar surface area (TPSA) is 59.3 Å². The predicted octanol–water partition coefficient (Wildman–Crippen LogP) is 2.84. The SMILES string of the molecule is CCOC(=O)COC1=C(C#N)CCCc2ccccc21. The highest BCUT2D eigenvalue weighted by Crippen LogP contribution is 2.30. The van der Waals surface area contributed by atoms with Gasteiger partial charge in [0.2, 0.25) is 0 Å². The van der Waals surface area contributed by atoms with Gasteiger partial charge in [-0.3, -0.25) is 0 Å². The molecule has 104 valence electrons. The first-order valence-corrected chi connectivity index (χ1v) is 6.76. The molecule has 1 aromatic rings. The maximum atomic E-state index is 11.4. The molecule has 0 spiro atoms. The lowest BCUT2D eigenvalue weighted by Gasteiger charge is -2.13. The Hall–Kier alpha value is -2.28. The second kappa shape index (κ2) is 6.76. The zero-order valence-corrected chi connectivity index (χ0v) is 11.5. The molecule has 0 aromatic heterocycles. The third kappa shape index (κ3) is 3.18. The summed E-state index contributed by atoms with van der Waals surface area (Å²) in [5.41, 5.74) is 2.65. The van der Waals surface area contributed by atoms with Gasteiger partial charge in [-0.2, -0.15) is 5.26 Å². The van der Waals surface area contributed by atoms with Crippen LogP contribution in [0.1, 0.15) is 30.9 Å². The van der Waals surface area contributed by atoms with Crippen LogP contribution < -0.4 is 0 Å². The zero-order chi connectivity index (χ0) is 14.4. The van der Waals surface area contributed by atoms with E-state index >= 15 is 0 Å². The monoisotopic (exact) mass is 271 g/mol. The van der Waals surface area contributed by atoms with Gasteiger partial charge in [0.25, 0.3) is 0 Å². The second-order valence-corrected chi connectivity index (χ2v) is 4.52. The molecule has 0 N–H and O–H groups in total. The Kier molecular flexibility index (Phi) is 4.78. The standard InChI is InChI=1S/C16H17NO3/c1-2-19-15(18)11-20-16-13(10-17)8-5-7-12-6-3-4-9-14(12)16/h3-4,6,9H,2,5,7-8,11H2,1H3. The van der Waals surface area contributed by atoms with Crippen molar-refractivity contribution in [2.45, 2.75) is 26.2 Å². The molecule has 1 aromatic carbocycles. The van der Waals surface area contributed by atoms with E-state index in [2.05, 4.69) is 6.07 Å². The molecular formula is C16H17NO3. The van der Waals surface area contributed by atoms with Crippen molar-refractivity contribution in [1.29, 1.82) is 5.26 Å². The molecule has 0 aliphatic heterocycles. The fraction of sp³-hybridized carbons (Fsp3) is 0.375. The van der Waals surface area contributed by atoms with Gasteiger partial charge in [0.05, 0.1) is 18.2 Å². The van der Waals surface area contributed by atoms with E-state index in [4.69, 9.17) is 9.47 Å². The van der Waals surface area contributed by atoms with Crippen LogP contribution in [0.5, 0.6) is 0 Å². The Balaban J connectivity index is 2.28. The van der Waals surface area contributed by atoms with E-state index in [-0.39, 0.29) is 6.61 Å². The van der Waals surface area contributed by atoms with Crippen molar-refractivity contribution in [3.8, 4) is 6.07 Å². The number of carbonyl (C=O) groups excluding carboxylic acids is 1. The molecular weight excluding hydrogens is 254 g/mol. The van der Waals surface area contributed by atoms with E-state index in [0.29, 0.717) is 24.4 Å². The van der Waals surface area contributed by atoms with E-state index in [1.807, 2.05) is 24.3 Å². The molecule has 0 unspecified atom stereocenters. The minimum absolute atomic E-state index is 0.164. The Bertz CT molecular complexity index is 569. The molecule has 20 heavy (non-hydrogen) atoms. The number of rotatable bonds is 4. The van der Waals surface area contributed by atoms with Crippen LogP contribution in [0, 0.1) is 11.3 Å². The number of hydrogen-bond donors (Lipinski definition) is 0. The average Bonchev–Trinajstić information content (AvgIpc) is 2.64. The lowest BCUT2D eigenvalue weighted by Crippen LogP contribution is -2.12. The van der Waals surface area contributed by atoms with Crippen LogP contribution in [0.25, 0.3) is 5.76 Å². The Morgan fingerprint density at radius 2 is 2.15 bits per heavy atom. The van der Waals surface area contributed by atoms with Gasteiger partial charge in [-0.1, -0.05) is 24.3 Å². The van der Waals surface area contributed by atoms with E-state index in [1.54, 1.807) is 6.92 Å². The molecule has 0 saturated heterocycles. The van der Waals surface area contributed by atoms with Crippen molar-refractivity contribution < 1.29 is 14.3 Å². The minimum Gasteiger partial charge on any atom is -0.480 e. The first kappa shape index (κ1) is 14.1. The normalized spacial score (nSPS) is 14.0. The summed E-state index contributed by atoms with van der Waals surface area (Å²) in [6.07, 6.45) is 2.49. The van der Waals surface area contributed by atoms with Crippen LogP contribution in [0.3, 0.4) is 0 Å². The highest BCUT2D eigenvalue weighted by Gasteiger charge is 2.19. The molecule has 0 atom stereocenters. The quantitative estimate of drug-likeness (QED) is 0.790. The molecule has 0 fully saturated rings. The number of esters is 1. The molecule has 0 radical (unpaired) electrons. The molecule has 1 aliphatic rings. The number of allylic oxidation sites excluding steroid dienone is 1. The third-order valence-electron chi connectivity index (χ3n) is 3.18. The number of hydrogen-bond acceptors (Lipinski definition) is 4. The van der Waals surface area contributed by atoms with Crippen molar-refractivity contribution in [2.24, 2.45) is 0 Å². The summed E-state index contributed by atoms with van der Waals surface area (Å²) in [6.45, 7) is 1.91. The van der Waals surface area contributed by atoms with Crippen molar-refractivity contribution in [1.82, 2.24) is 0 Å². The molecule has 4 nitrogen and oxygen atoms in total. The molecule has 0 saturated carbocycles. The number of aryl methyl sites for hydroxylation is 1. The Labute approximate surface area is 118 Å². The van der Waals surface area contributed by atoms with Gasteiger partial charge in [0.1, 0.15) is 5.76 Å². The summed E-state index contributed by atoms with van der Waals surface area (Å²) in [4.78, 5) is 11.4. The number of ether oxygens (including phenoxy) is 2. The summed E-state index contributed by atoms with van der Waals surface area (Å²) in [5.74, 6) is 0.104. The summed E-state index contributed by atoms with van der Waals surface area (Å²) in [7, 11) is 0. The summed E-state index contributed by atoms with van der Waals surface area (Å²) >= 11 is 0. The van der Waals surface area contributed by atoms with Gasteiger partial charge in [-0.15, -0.1) is 0 Å². The van der Waals surface area contributed by atoms with Crippen molar-refractivity contribution in [3.63, 3.8) is 0 Å². The molecule has 1 aliphatic carbocycles. The van der Waals surface area contributed by atoms with Crippen LogP contribution in [-0.4, -0.2) is 19.2 Å². The lowest BCUT2D eigenvalue weighted by molar-refractivity contribution is -0.146. The van der Waals surface area contributed by atoms with Crippen LogP contribution in [0.15, 0.2) is 29.8 Å². The zero-order valence-electron chi connectivity index (χ0n) is 11.5. The van der Waals surface area contributed by atoms with Crippen LogP contribution >= 0.6 is 0 Å². The van der Waals surface area contributed by atoms with Gasteiger partial charge in [0.15, 0.2) is 6.61 Å². The second-order valence-electron chi connectivity index (χ2n) is 4.52. The van der Waals surface area contributed by atoms with Crippen molar-refractivity contribution in [3.05, 3.63) is 41.0 Å². The average molecular weight is 271 g/mol. The number of nitrogens with zero attached hydrogens (tertiary/aromatic N) is 1. The third-order valence-corrected chi connectivity index (χ3v) is 3.18. The molecule has 0 amide bonds. The first-order chi connectivity index (χ1) is 9.76. The highest BCUT2D eigenvalue weighted by atomic mass is 16.6. The summed E-state index contributed by atoms with van der Waals surface area (Å²) in [5, 5.41) is 9.28. The lowest BCUT2D eigenvalue weighted by atomic mass is 10.0. The number of nitriles is 1. The number of fused-ring (bicyclic) bond motifs is 1. The first-order valence-electron chi connectivity index (χ1n) is 6.76. The summed E-state index contributed by atoms with van der Waals surface area (Å²) < 4.78 is 10.4. The van der Waals surface area contributed by atoms with Crippen molar-refractivity contribution in [2.75, 3.05) is 13.2 Å². The van der Waals surface area contributed by atoms with E-state index < -0.39 is 5.97 Å². The van der Waals surface area contributed by atoms with Crippen molar-refractivity contribution >= 4 is 11.7 Å². The Morgan fingerprint density at radius 3 is 2.90 bits per heavy atom. The van der Waals surface area contributed by atoms with E-state index in [0.717, 1.165) is 24.0 Å². The van der Waals surface area contributed by atoms with Gasteiger partial charge >= 0.3 is 5.97 Å². The number of carbonyl (C=O) groups is 1. The molecule has 2 rings (SSSR count). The van der Waals surface area contributed by atoms with E-state index in [9.17, 15) is 10.1 Å². The maximum Gasteiger partial charge on any atom is 0.344 e. The molecule has 0 heterocycles. The van der Waals surface area contributed by atoms with Crippen LogP contribution in [0.2, 0.25) is 0 Å². The predicted molar refractivity (Wildman–Crippen MR) is 74.5 cm³/mol. The van der Waals surface area contributed by atoms with Gasteiger partial charge in [0, 0.05) is 5.56 Å². The largest absolute Gasteiger partial charge is 0.480 e. The Morgan fingerprint density at radius 1 is 1.35 bits per heavy atom. The molecule has 4 heteroatoms. The fourth-order valence-corrected chi connectivity index (χ4v) is 2.30. The van der Waals surface area contributed by atoms with E-state index in [1.165, 1.54) is 0 Å². The highest BCUT2D eigenvalue weighted by molar-refractivity contribution is 5.75. The van der Waals surface area contributed by atoms with Crippen LogP contribution in [-0.2, 0) is 20.7 Å². The number of benzene rings is 1.